The molecular formula is C15H18Cl2N4. The van der Waals surface area contributed by atoms with Gasteiger partial charge in [0.05, 0.1) is 32.8 Å². The van der Waals surface area contributed by atoms with Crippen molar-refractivity contribution in [3.8, 4) is 0 Å². The maximum Gasteiger partial charge on any atom is 0.0737 e. The second-order valence-corrected chi connectivity index (χ2v) is 6.36. The molecule has 0 aliphatic rings. The first kappa shape index (κ1) is 15.6. The van der Waals surface area contributed by atoms with Crippen LogP contribution in [0.25, 0.3) is 0 Å². The van der Waals surface area contributed by atoms with Crippen LogP contribution in [0.15, 0.2) is 24.3 Å². The van der Waals surface area contributed by atoms with Crippen LogP contribution in [0.4, 0.5) is 22.7 Å². The molecule has 0 fully saturated rings. The number of nitrogens with two attached hydrogens (primary N) is 4. The number of nitrogen functional groups attached to an aromatic ring is 4. The molecule has 0 spiro atoms. The lowest BCUT2D eigenvalue weighted by Gasteiger charge is -2.28. The van der Waals surface area contributed by atoms with Crippen LogP contribution in [0.5, 0.6) is 0 Å². The van der Waals surface area contributed by atoms with Crippen molar-refractivity contribution < 1.29 is 0 Å². The maximum atomic E-state index is 6.12. The number of hydrogen-bond acceptors (Lipinski definition) is 4. The Morgan fingerprint density at radius 1 is 0.714 bits per heavy atom. The highest BCUT2D eigenvalue weighted by Crippen LogP contribution is 2.40. The lowest BCUT2D eigenvalue weighted by molar-refractivity contribution is 0.642. The van der Waals surface area contributed by atoms with Crippen LogP contribution in [-0.2, 0) is 5.41 Å². The van der Waals surface area contributed by atoms with Crippen LogP contribution >= 0.6 is 23.2 Å². The Bertz CT molecular complexity index is 605. The molecule has 8 N–H and O–H groups in total. The summed E-state index contributed by atoms with van der Waals surface area (Å²) in [4.78, 5) is 0. The zero-order valence-corrected chi connectivity index (χ0v) is 13.4. The Morgan fingerprint density at radius 3 is 1.33 bits per heavy atom. The van der Waals surface area contributed by atoms with Gasteiger partial charge in [-0.1, -0.05) is 37.0 Å². The van der Waals surface area contributed by atoms with E-state index in [0.29, 0.717) is 32.8 Å². The third-order valence-electron chi connectivity index (χ3n) is 3.77. The topological polar surface area (TPSA) is 104 Å². The molecule has 4 nitrogen and oxygen atoms in total. The summed E-state index contributed by atoms with van der Waals surface area (Å²) in [5, 5.41) is 0.847. The van der Waals surface area contributed by atoms with Crippen molar-refractivity contribution in [2.24, 2.45) is 0 Å². The molecule has 0 aliphatic carbocycles. The van der Waals surface area contributed by atoms with E-state index < -0.39 is 5.41 Å². The minimum atomic E-state index is -0.406. The zero-order chi connectivity index (χ0) is 15.9. The second-order valence-electron chi connectivity index (χ2n) is 5.55. The summed E-state index contributed by atoms with van der Waals surface area (Å²) in [5.41, 5.74) is 26.4. The van der Waals surface area contributed by atoms with E-state index in [4.69, 9.17) is 46.1 Å². The minimum Gasteiger partial charge on any atom is -0.397 e. The van der Waals surface area contributed by atoms with Crippen LogP contribution in [0, 0.1) is 0 Å². The summed E-state index contributed by atoms with van der Waals surface area (Å²) in [5.74, 6) is 0. The van der Waals surface area contributed by atoms with Crippen molar-refractivity contribution in [2.75, 3.05) is 22.9 Å². The highest BCUT2D eigenvalue weighted by atomic mass is 35.5. The molecule has 2 aromatic carbocycles. The fraction of sp³-hybridized carbons (Fsp3) is 0.200. The molecule has 0 radical (unpaired) electrons. The molecule has 21 heavy (non-hydrogen) atoms. The highest BCUT2D eigenvalue weighted by Gasteiger charge is 2.26. The van der Waals surface area contributed by atoms with Gasteiger partial charge in [-0.15, -0.1) is 0 Å². The van der Waals surface area contributed by atoms with Gasteiger partial charge in [0.15, 0.2) is 0 Å². The monoisotopic (exact) mass is 324 g/mol. The molecule has 0 saturated heterocycles. The van der Waals surface area contributed by atoms with E-state index in [1.807, 2.05) is 26.0 Å². The fourth-order valence-electron chi connectivity index (χ4n) is 2.17. The van der Waals surface area contributed by atoms with E-state index in [0.717, 1.165) is 11.1 Å². The van der Waals surface area contributed by atoms with E-state index in [-0.39, 0.29) is 0 Å². The van der Waals surface area contributed by atoms with Crippen LogP contribution in [0.2, 0.25) is 10.0 Å². The molecule has 0 aromatic heterocycles. The van der Waals surface area contributed by atoms with Crippen molar-refractivity contribution in [1.29, 1.82) is 0 Å². The van der Waals surface area contributed by atoms with Gasteiger partial charge in [-0.2, -0.15) is 0 Å². The molecule has 0 saturated carbocycles. The standard InChI is InChI=1S/C15H18Cl2N4/c1-15(2,7-3-9(16)13(20)11(18)5-7)8-4-10(17)14(21)12(19)6-8/h3-6H,18-21H2,1-2H3. The molecule has 0 bridgehead atoms. The van der Waals surface area contributed by atoms with Gasteiger partial charge in [-0.05, 0) is 35.4 Å². The van der Waals surface area contributed by atoms with E-state index in [1.165, 1.54) is 0 Å². The summed E-state index contributed by atoms with van der Waals surface area (Å²) >= 11 is 12.2. The Morgan fingerprint density at radius 2 is 1.05 bits per heavy atom. The van der Waals surface area contributed by atoms with Gasteiger partial charge in [-0.3, -0.25) is 0 Å². The average Bonchev–Trinajstić information content (AvgIpc) is 2.40. The average molecular weight is 325 g/mol. The van der Waals surface area contributed by atoms with Crippen molar-refractivity contribution in [3.05, 3.63) is 45.4 Å². The quantitative estimate of drug-likeness (QED) is 0.633. The minimum absolute atomic E-state index is 0.381. The predicted molar refractivity (Wildman–Crippen MR) is 92.7 cm³/mol. The van der Waals surface area contributed by atoms with E-state index in [2.05, 4.69) is 0 Å². The van der Waals surface area contributed by atoms with Crippen molar-refractivity contribution in [1.82, 2.24) is 0 Å². The molecule has 6 heteroatoms. The van der Waals surface area contributed by atoms with Crippen LogP contribution in [-0.4, -0.2) is 0 Å². The van der Waals surface area contributed by atoms with E-state index >= 15 is 0 Å². The Hall–Kier alpha value is -1.78. The normalized spacial score (nSPS) is 11.6. The van der Waals surface area contributed by atoms with Crippen molar-refractivity contribution in [3.63, 3.8) is 0 Å². The molecule has 0 amide bonds. The first-order chi connectivity index (χ1) is 9.64. The molecule has 0 atom stereocenters. The number of rotatable bonds is 2. The lowest BCUT2D eigenvalue weighted by atomic mass is 9.77. The molecule has 0 heterocycles. The number of hydrogen-bond donors (Lipinski definition) is 4. The smallest absolute Gasteiger partial charge is 0.0737 e. The number of halogens is 2. The molecular weight excluding hydrogens is 307 g/mol. The Kier molecular flexibility index (Phi) is 3.87. The summed E-state index contributed by atoms with van der Waals surface area (Å²) in [6, 6.07) is 7.21. The van der Waals surface area contributed by atoms with Gasteiger partial charge >= 0.3 is 0 Å². The van der Waals surface area contributed by atoms with Crippen LogP contribution < -0.4 is 22.9 Å². The van der Waals surface area contributed by atoms with Gasteiger partial charge in [0, 0.05) is 5.41 Å². The third-order valence-corrected chi connectivity index (χ3v) is 4.39. The van der Waals surface area contributed by atoms with Gasteiger partial charge in [0.2, 0.25) is 0 Å². The summed E-state index contributed by atoms with van der Waals surface area (Å²) < 4.78 is 0. The first-order valence-electron chi connectivity index (χ1n) is 6.34. The highest BCUT2D eigenvalue weighted by molar-refractivity contribution is 6.34. The lowest BCUT2D eigenvalue weighted by Crippen LogP contribution is -2.20. The summed E-state index contributed by atoms with van der Waals surface area (Å²) in [7, 11) is 0. The van der Waals surface area contributed by atoms with Crippen molar-refractivity contribution in [2.45, 2.75) is 19.3 Å². The van der Waals surface area contributed by atoms with Crippen LogP contribution in [0.3, 0.4) is 0 Å². The Balaban J connectivity index is 2.61. The second kappa shape index (κ2) is 5.20. The maximum absolute atomic E-state index is 6.12. The van der Waals surface area contributed by atoms with Gasteiger partial charge in [0.1, 0.15) is 0 Å². The first-order valence-corrected chi connectivity index (χ1v) is 7.10. The van der Waals surface area contributed by atoms with E-state index in [1.54, 1.807) is 12.1 Å². The zero-order valence-electron chi connectivity index (χ0n) is 11.9. The largest absolute Gasteiger partial charge is 0.397 e. The van der Waals surface area contributed by atoms with Crippen molar-refractivity contribution >= 4 is 46.0 Å². The molecule has 0 aliphatic heterocycles. The molecule has 0 unspecified atom stereocenters. The summed E-state index contributed by atoms with van der Waals surface area (Å²) in [6.45, 7) is 4.05. The SMILES string of the molecule is CC(C)(c1cc(N)c(N)c(Cl)c1)c1cc(N)c(N)c(Cl)c1. The van der Waals surface area contributed by atoms with Gasteiger partial charge in [0.25, 0.3) is 0 Å². The predicted octanol–water partition coefficient (Wildman–Crippen LogP) is 3.65. The molecule has 2 aromatic rings. The number of benzene rings is 2. The summed E-state index contributed by atoms with van der Waals surface area (Å²) in [6.07, 6.45) is 0. The number of anilines is 4. The van der Waals surface area contributed by atoms with Gasteiger partial charge < -0.3 is 22.9 Å². The van der Waals surface area contributed by atoms with Gasteiger partial charge in [-0.25, -0.2) is 0 Å². The van der Waals surface area contributed by atoms with E-state index in [9.17, 15) is 0 Å². The van der Waals surface area contributed by atoms with Crippen LogP contribution in [0.1, 0.15) is 25.0 Å². The fourth-order valence-corrected chi connectivity index (χ4v) is 2.62. The Labute approximate surface area is 134 Å². The third kappa shape index (κ3) is 2.69. The molecule has 112 valence electrons. The molecule has 2 rings (SSSR count).